The molecule has 74 valence electrons. The van der Waals surface area contributed by atoms with Crippen molar-refractivity contribution in [1.29, 1.82) is 0 Å². The number of methoxy groups -OCH3 is 1. The summed E-state index contributed by atoms with van der Waals surface area (Å²) >= 11 is 0. The van der Waals surface area contributed by atoms with Crippen LogP contribution >= 0.6 is 7.82 Å². The number of rotatable bonds is 6. The van der Waals surface area contributed by atoms with Crippen LogP contribution in [0.15, 0.2) is 0 Å². The van der Waals surface area contributed by atoms with Gasteiger partial charge in [0.1, 0.15) is 0 Å². The predicted molar refractivity (Wildman–Crippen MR) is 39.0 cm³/mol. The topological polar surface area (TPSA) is 81.7 Å². The molecule has 0 N–H and O–H groups in total. The van der Waals surface area contributed by atoms with Crippen LogP contribution in [0.2, 0.25) is 0 Å². The van der Waals surface area contributed by atoms with E-state index in [0.717, 1.165) is 12.8 Å². The van der Waals surface area contributed by atoms with E-state index in [1.807, 2.05) is 6.92 Å². The number of unbranched alkanes of at least 4 members (excludes halogenated alkanes) is 1. The fourth-order valence-electron chi connectivity index (χ4n) is 0.728. The molecule has 1 atom stereocenters. The van der Waals surface area contributed by atoms with E-state index in [0.29, 0.717) is 6.42 Å². The Morgan fingerprint density at radius 2 is 1.86 bits per heavy atom. The van der Waals surface area contributed by atoms with Crippen molar-refractivity contribution in [3.8, 4) is 0 Å². The SMILES string of the molecule is CCCCC(OC)OP(=O)([O-])[O-].[K+].[K+]. The van der Waals surface area contributed by atoms with Gasteiger partial charge in [0.25, 0.3) is 0 Å². The van der Waals surface area contributed by atoms with Gasteiger partial charge in [0.05, 0.1) is 7.82 Å². The van der Waals surface area contributed by atoms with E-state index in [2.05, 4.69) is 9.26 Å². The Morgan fingerprint density at radius 3 is 2.14 bits per heavy atom. The first kappa shape index (κ1) is 22.5. The summed E-state index contributed by atoms with van der Waals surface area (Å²) in [5.41, 5.74) is 0. The van der Waals surface area contributed by atoms with Gasteiger partial charge in [-0.05, 0) is 12.8 Å². The second-order valence-corrected chi connectivity index (χ2v) is 3.47. The molecular weight excluding hydrogens is 261 g/mol. The average Bonchev–Trinajstić information content (AvgIpc) is 1.95. The number of hydrogen-bond acceptors (Lipinski definition) is 5. The van der Waals surface area contributed by atoms with Crippen LogP contribution in [-0.4, -0.2) is 13.4 Å². The maximum Gasteiger partial charge on any atom is 1.00 e. The van der Waals surface area contributed by atoms with E-state index in [-0.39, 0.29) is 103 Å². The van der Waals surface area contributed by atoms with Gasteiger partial charge in [-0.2, -0.15) is 0 Å². The first-order chi connectivity index (χ1) is 5.49. The predicted octanol–water partition coefficient (Wildman–Crippen LogP) is -6.00. The molecule has 0 heterocycles. The van der Waals surface area contributed by atoms with E-state index in [1.54, 1.807) is 0 Å². The van der Waals surface area contributed by atoms with Gasteiger partial charge < -0.3 is 23.6 Å². The van der Waals surface area contributed by atoms with E-state index in [4.69, 9.17) is 0 Å². The quantitative estimate of drug-likeness (QED) is 0.274. The molecule has 0 saturated carbocycles. The van der Waals surface area contributed by atoms with Gasteiger partial charge in [-0.1, -0.05) is 13.3 Å². The molecule has 8 heteroatoms. The van der Waals surface area contributed by atoms with Gasteiger partial charge >= 0.3 is 103 Å². The Morgan fingerprint density at radius 1 is 1.36 bits per heavy atom. The van der Waals surface area contributed by atoms with Crippen molar-refractivity contribution in [2.45, 2.75) is 32.5 Å². The molecule has 0 fully saturated rings. The van der Waals surface area contributed by atoms with Crippen molar-refractivity contribution in [3.05, 3.63) is 0 Å². The van der Waals surface area contributed by atoms with Gasteiger partial charge in [-0.3, -0.25) is 0 Å². The largest absolute Gasteiger partial charge is 1.00 e. The summed E-state index contributed by atoms with van der Waals surface area (Å²) in [6.45, 7) is 1.95. The second-order valence-electron chi connectivity index (χ2n) is 2.36. The molecule has 0 saturated heterocycles. The van der Waals surface area contributed by atoms with E-state index < -0.39 is 14.1 Å². The Balaban J connectivity index is -0.000000605. The van der Waals surface area contributed by atoms with Crippen LogP contribution in [0.5, 0.6) is 0 Å². The molecule has 0 amide bonds. The second kappa shape index (κ2) is 12.8. The summed E-state index contributed by atoms with van der Waals surface area (Å²) in [6, 6.07) is 0. The standard InChI is InChI=1S/C6H15O5P.2K/c1-3-4-5-6(10-2)11-12(7,8)9;;/h6H,3-5H2,1-2H3,(H2,7,8,9);;/q;2*+1/p-2. The zero-order chi connectivity index (χ0) is 9.61. The Hall–Kier alpha value is 3.34. The van der Waals surface area contributed by atoms with Crippen molar-refractivity contribution in [1.82, 2.24) is 0 Å². The molecule has 1 unspecified atom stereocenters. The number of hydrogen-bond donors (Lipinski definition) is 0. The summed E-state index contributed by atoms with van der Waals surface area (Å²) in [7, 11) is -3.60. The molecule has 0 aromatic heterocycles. The Kier molecular flexibility index (Phi) is 20.6. The van der Waals surface area contributed by atoms with Gasteiger partial charge in [-0.25, -0.2) is 0 Å². The minimum Gasteiger partial charge on any atom is -0.790 e. The molecule has 0 aliphatic heterocycles. The molecular formula is C6H13K2O5P. The average molecular weight is 274 g/mol. The molecule has 0 spiro atoms. The monoisotopic (exact) mass is 274 g/mol. The number of phosphoric ester groups is 1. The minimum absolute atomic E-state index is 0. The first-order valence-electron chi connectivity index (χ1n) is 3.73. The van der Waals surface area contributed by atoms with Gasteiger partial charge in [0, 0.05) is 7.11 Å². The third-order valence-electron chi connectivity index (χ3n) is 1.30. The zero-order valence-electron chi connectivity index (χ0n) is 9.19. The summed E-state index contributed by atoms with van der Waals surface area (Å²) < 4.78 is 18.9. The molecule has 0 aromatic carbocycles. The number of phosphoric acid groups is 1. The first-order valence-corrected chi connectivity index (χ1v) is 5.19. The third-order valence-corrected chi connectivity index (χ3v) is 1.80. The summed E-state index contributed by atoms with van der Waals surface area (Å²) in [6.07, 6.45) is 1.15. The molecule has 0 aliphatic rings. The maximum absolute atomic E-state index is 10.1. The van der Waals surface area contributed by atoms with Crippen LogP contribution in [0.4, 0.5) is 0 Å². The fourth-order valence-corrected chi connectivity index (χ4v) is 1.21. The molecule has 0 bridgehead atoms. The van der Waals surface area contributed by atoms with Crippen LogP contribution in [0.1, 0.15) is 26.2 Å². The smallest absolute Gasteiger partial charge is 0.790 e. The molecule has 0 rings (SSSR count). The summed E-state index contributed by atoms with van der Waals surface area (Å²) in [4.78, 5) is 20.3. The van der Waals surface area contributed by atoms with Crippen LogP contribution in [-0.2, 0) is 13.8 Å². The van der Waals surface area contributed by atoms with Crippen LogP contribution < -0.4 is 113 Å². The van der Waals surface area contributed by atoms with Crippen molar-refractivity contribution in [2.75, 3.05) is 7.11 Å². The van der Waals surface area contributed by atoms with E-state index in [1.165, 1.54) is 7.11 Å². The van der Waals surface area contributed by atoms with E-state index in [9.17, 15) is 14.4 Å². The normalized spacial score (nSPS) is 12.6. The molecule has 5 nitrogen and oxygen atoms in total. The molecule has 14 heavy (non-hydrogen) atoms. The Labute approximate surface area is 170 Å². The van der Waals surface area contributed by atoms with Crippen molar-refractivity contribution in [2.24, 2.45) is 0 Å². The minimum atomic E-state index is -4.90. The maximum atomic E-state index is 10.1. The van der Waals surface area contributed by atoms with Crippen molar-refractivity contribution in [3.63, 3.8) is 0 Å². The summed E-state index contributed by atoms with van der Waals surface area (Å²) in [5.74, 6) is 0. The van der Waals surface area contributed by atoms with Gasteiger partial charge in [-0.15, -0.1) is 0 Å². The van der Waals surface area contributed by atoms with Gasteiger partial charge in [0.2, 0.25) is 0 Å². The third kappa shape index (κ3) is 15.3. The van der Waals surface area contributed by atoms with Gasteiger partial charge in [0.15, 0.2) is 6.29 Å². The fraction of sp³-hybridized carbons (Fsp3) is 1.00. The molecule has 0 radical (unpaired) electrons. The molecule has 0 aromatic rings. The zero-order valence-corrected chi connectivity index (χ0v) is 16.3. The number of ether oxygens (including phenoxy) is 1. The van der Waals surface area contributed by atoms with Crippen LogP contribution in [0.25, 0.3) is 0 Å². The van der Waals surface area contributed by atoms with E-state index >= 15 is 0 Å². The van der Waals surface area contributed by atoms with Crippen molar-refractivity contribution < 1.29 is 126 Å². The van der Waals surface area contributed by atoms with Crippen LogP contribution in [0.3, 0.4) is 0 Å². The summed E-state index contributed by atoms with van der Waals surface area (Å²) in [5, 5.41) is 0. The Bertz CT molecular complexity index is 162. The van der Waals surface area contributed by atoms with Crippen LogP contribution in [0, 0.1) is 0 Å². The van der Waals surface area contributed by atoms with Crippen molar-refractivity contribution >= 4 is 7.82 Å². The molecule has 0 aliphatic carbocycles.